The van der Waals surface area contributed by atoms with Crippen molar-refractivity contribution in [3.05, 3.63) is 94.9 Å². The molecule has 1 aromatic carbocycles. The number of benzene rings is 1. The number of carbonyl (C=O) groups excluding carboxylic acids is 3. The minimum absolute atomic E-state index is 0.112. The molecule has 8 heteroatoms. The van der Waals surface area contributed by atoms with E-state index in [1.54, 1.807) is 7.11 Å². The van der Waals surface area contributed by atoms with E-state index in [0.29, 0.717) is 6.41 Å². The van der Waals surface area contributed by atoms with Gasteiger partial charge in [0.15, 0.2) is 0 Å². The van der Waals surface area contributed by atoms with Gasteiger partial charge in [0.05, 0.1) is 18.8 Å². The number of imide groups is 1. The first kappa shape index (κ1) is 32.4. The van der Waals surface area contributed by atoms with Crippen molar-refractivity contribution in [3.8, 4) is 18.1 Å². The lowest BCUT2D eigenvalue weighted by Gasteiger charge is -2.14. The van der Waals surface area contributed by atoms with Crippen molar-refractivity contribution in [1.29, 1.82) is 0 Å². The van der Waals surface area contributed by atoms with Crippen LogP contribution in [0.2, 0.25) is 0 Å². The number of nitrogens with one attached hydrogen (secondary N) is 2. The third-order valence-corrected chi connectivity index (χ3v) is 6.41. The zero-order valence-corrected chi connectivity index (χ0v) is 24.5. The number of nitrogens with zero attached hydrogens (tertiary/aromatic N) is 2. The molecule has 0 spiro atoms. The molecule has 1 unspecified atom stereocenters. The van der Waals surface area contributed by atoms with Gasteiger partial charge in [-0.2, -0.15) is 0 Å². The summed E-state index contributed by atoms with van der Waals surface area (Å²) in [6.45, 7) is 7.38. The fourth-order valence-corrected chi connectivity index (χ4v) is 4.08. The summed E-state index contributed by atoms with van der Waals surface area (Å²) in [5.74, 6) is 3.53. The molecule has 41 heavy (non-hydrogen) atoms. The number of rotatable bonds is 11. The van der Waals surface area contributed by atoms with E-state index in [2.05, 4.69) is 16.6 Å². The van der Waals surface area contributed by atoms with Crippen molar-refractivity contribution in [1.82, 2.24) is 20.1 Å². The number of fused-ring (bicyclic) bond motifs is 1. The molecule has 0 radical (unpaired) electrons. The maximum Gasteiger partial charge on any atom is 0.321 e. The van der Waals surface area contributed by atoms with Gasteiger partial charge in [0.2, 0.25) is 6.41 Å². The maximum atomic E-state index is 11.8. The highest BCUT2D eigenvalue weighted by Crippen LogP contribution is 2.26. The minimum Gasteiger partial charge on any atom is -0.497 e. The summed E-state index contributed by atoms with van der Waals surface area (Å²) < 4.78 is 7.07. The molecule has 8 nitrogen and oxygen atoms in total. The molecule has 1 aliphatic rings. The van der Waals surface area contributed by atoms with Gasteiger partial charge < -0.3 is 19.5 Å². The number of allylic oxidation sites excluding steroid dienone is 5. The van der Waals surface area contributed by atoms with E-state index in [0.717, 1.165) is 59.6 Å². The molecule has 0 bridgehead atoms. The molecule has 0 fully saturated rings. The van der Waals surface area contributed by atoms with Gasteiger partial charge in [-0.1, -0.05) is 55.4 Å². The van der Waals surface area contributed by atoms with Gasteiger partial charge in [0, 0.05) is 37.5 Å². The minimum atomic E-state index is -0.521. The summed E-state index contributed by atoms with van der Waals surface area (Å²) in [7, 11) is 3.57. The van der Waals surface area contributed by atoms with Gasteiger partial charge in [0.1, 0.15) is 5.75 Å². The second-order valence-corrected chi connectivity index (χ2v) is 9.21. The molecule has 0 aliphatic carbocycles. The topological polar surface area (TPSA) is 92.7 Å². The van der Waals surface area contributed by atoms with E-state index in [4.69, 9.17) is 11.2 Å². The Kier molecular flexibility index (Phi) is 13.5. The van der Waals surface area contributed by atoms with Gasteiger partial charge in [-0.05, 0) is 62.1 Å². The van der Waals surface area contributed by atoms with Crippen LogP contribution in [-0.2, 0) is 18.4 Å². The molecule has 1 aliphatic heterocycles. The molecule has 4 amide bonds. The SMILES string of the molecule is C#Cc1ccn(C)c1/C=C\C/C=C/C=C(\C=C/CC)C(C)NC(=O)NC=O.CCN1Cc2ccc(OC)cc2C1=O. The number of hydrogen-bond acceptors (Lipinski definition) is 4. The number of ether oxygens (including phenoxy) is 1. The summed E-state index contributed by atoms with van der Waals surface area (Å²) in [6.07, 6.45) is 23.4. The summed E-state index contributed by atoms with van der Waals surface area (Å²) in [4.78, 5) is 35.4. The summed E-state index contributed by atoms with van der Waals surface area (Å²) >= 11 is 0. The van der Waals surface area contributed by atoms with E-state index in [1.165, 1.54) is 0 Å². The Balaban J connectivity index is 0.000000348. The van der Waals surface area contributed by atoms with Crippen LogP contribution in [0, 0.1) is 12.3 Å². The van der Waals surface area contributed by atoms with Crippen molar-refractivity contribution >= 4 is 24.4 Å². The fourth-order valence-electron chi connectivity index (χ4n) is 4.08. The van der Waals surface area contributed by atoms with Crippen molar-refractivity contribution in [3.63, 3.8) is 0 Å². The van der Waals surface area contributed by atoms with Gasteiger partial charge in [-0.15, -0.1) is 6.42 Å². The average Bonchev–Trinajstić information content (AvgIpc) is 3.50. The Labute approximate surface area is 243 Å². The third-order valence-electron chi connectivity index (χ3n) is 6.41. The lowest BCUT2D eigenvalue weighted by molar-refractivity contribution is -0.108. The van der Waals surface area contributed by atoms with Gasteiger partial charge in [-0.3, -0.25) is 14.9 Å². The summed E-state index contributed by atoms with van der Waals surface area (Å²) in [5, 5.41) is 4.78. The number of carbonyl (C=O) groups is 3. The lowest BCUT2D eigenvalue weighted by Crippen LogP contribution is -2.40. The zero-order chi connectivity index (χ0) is 30.2. The standard InChI is InChI=1S/C22H27N3O2.C11H13NO2/c1-5-7-12-20(18(3)24-22(27)23-17-26)13-10-8-9-11-14-21-19(6-2)15-16-25(21)4;1-3-12-7-8-4-5-9(14-2)6-10(8)11(12)13/h2,7-8,10-18H,5,9H2,1,3-4H3,(H2,23,24,26,27);4-6H,3,7H2,1-2H3/b10-8+,12-7-,14-11-,20-13+;. The number of aromatic nitrogens is 1. The average molecular weight is 557 g/mol. The number of aryl methyl sites for hydroxylation is 1. The molecule has 216 valence electrons. The molecule has 2 heterocycles. The van der Waals surface area contributed by atoms with E-state index in [9.17, 15) is 14.4 Å². The van der Waals surface area contributed by atoms with Crippen LogP contribution in [0.4, 0.5) is 4.79 Å². The highest BCUT2D eigenvalue weighted by atomic mass is 16.5. The normalized spacial score (nSPS) is 13.6. The second-order valence-electron chi connectivity index (χ2n) is 9.21. The maximum absolute atomic E-state index is 11.8. The number of amides is 4. The lowest BCUT2D eigenvalue weighted by atomic mass is 10.1. The van der Waals surface area contributed by atoms with Crippen LogP contribution in [0.25, 0.3) is 6.08 Å². The molecule has 2 N–H and O–H groups in total. The van der Waals surface area contributed by atoms with Crippen LogP contribution in [0.5, 0.6) is 5.75 Å². The van der Waals surface area contributed by atoms with Crippen molar-refractivity contribution in [2.24, 2.45) is 7.05 Å². The molecular weight excluding hydrogens is 516 g/mol. The fraction of sp³-hybridized carbons (Fsp3) is 0.303. The van der Waals surface area contributed by atoms with Crippen molar-refractivity contribution < 1.29 is 19.1 Å². The molecule has 3 rings (SSSR count). The first-order chi connectivity index (χ1) is 19.8. The molecule has 1 atom stereocenters. The van der Waals surface area contributed by atoms with Crippen LogP contribution in [0.3, 0.4) is 0 Å². The van der Waals surface area contributed by atoms with Gasteiger partial charge >= 0.3 is 6.03 Å². The predicted octanol–water partition coefficient (Wildman–Crippen LogP) is 5.37. The Morgan fingerprint density at radius 2 is 2.00 bits per heavy atom. The molecule has 0 saturated heterocycles. The molecule has 1 aromatic heterocycles. The Morgan fingerprint density at radius 3 is 2.66 bits per heavy atom. The summed E-state index contributed by atoms with van der Waals surface area (Å²) in [5.41, 5.74) is 4.70. The molecular formula is C33H40N4O4. The summed E-state index contributed by atoms with van der Waals surface area (Å²) in [6, 6.07) is 6.83. The number of terminal acetylenes is 1. The van der Waals surface area contributed by atoms with E-state index in [1.807, 2.05) is 110 Å². The van der Waals surface area contributed by atoms with Crippen molar-refractivity contribution in [2.45, 2.75) is 46.2 Å². The number of methoxy groups -OCH3 is 1. The highest BCUT2D eigenvalue weighted by molar-refractivity contribution is 5.98. The van der Waals surface area contributed by atoms with Crippen LogP contribution < -0.4 is 15.4 Å². The first-order valence-corrected chi connectivity index (χ1v) is 13.6. The smallest absolute Gasteiger partial charge is 0.321 e. The predicted molar refractivity (Wildman–Crippen MR) is 164 cm³/mol. The van der Waals surface area contributed by atoms with Crippen molar-refractivity contribution in [2.75, 3.05) is 13.7 Å². The van der Waals surface area contributed by atoms with Gasteiger partial charge in [0.25, 0.3) is 5.91 Å². The van der Waals surface area contributed by atoms with Gasteiger partial charge in [-0.25, -0.2) is 4.79 Å². The number of hydrogen-bond donors (Lipinski definition) is 2. The highest BCUT2D eigenvalue weighted by Gasteiger charge is 2.26. The third kappa shape index (κ3) is 9.73. The monoisotopic (exact) mass is 556 g/mol. The van der Waals surface area contributed by atoms with E-state index >= 15 is 0 Å². The Bertz CT molecular complexity index is 1360. The zero-order valence-electron chi connectivity index (χ0n) is 24.5. The Hall–Kier alpha value is -4.77. The van der Waals surface area contributed by atoms with E-state index in [-0.39, 0.29) is 11.9 Å². The van der Waals surface area contributed by atoms with Crippen LogP contribution in [0.15, 0.2) is 72.5 Å². The Morgan fingerprint density at radius 1 is 1.22 bits per heavy atom. The molecule has 2 aromatic rings. The van der Waals surface area contributed by atoms with Crippen LogP contribution in [-0.4, -0.2) is 47.5 Å². The quantitative estimate of drug-likeness (QED) is 0.221. The second kappa shape index (κ2) is 17.0. The largest absolute Gasteiger partial charge is 0.497 e. The van der Waals surface area contributed by atoms with Crippen LogP contribution >= 0.6 is 0 Å². The number of urea groups is 1. The van der Waals surface area contributed by atoms with E-state index < -0.39 is 6.03 Å². The van der Waals surface area contributed by atoms with Crippen LogP contribution in [0.1, 0.15) is 60.8 Å². The first-order valence-electron chi connectivity index (χ1n) is 13.6. The molecule has 0 saturated carbocycles.